The van der Waals surface area contributed by atoms with E-state index in [0.29, 0.717) is 31.2 Å². The molecule has 0 atom stereocenters. The summed E-state index contributed by atoms with van der Waals surface area (Å²) in [6.45, 7) is 2.20. The van der Waals surface area contributed by atoms with Crippen LogP contribution in [0.2, 0.25) is 5.02 Å². The van der Waals surface area contributed by atoms with Crippen molar-refractivity contribution in [2.45, 2.75) is 6.42 Å². The maximum absolute atomic E-state index is 12.6. The Labute approximate surface area is 165 Å². The number of nitro benzene ring substituents is 2. The number of nitrogens with zero attached hydrogens (tertiary/aromatic N) is 4. The summed E-state index contributed by atoms with van der Waals surface area (Å²) < 4.78 is 0. The average molecular weight is 405 g/mol. The molecule has 1 aliphatic rings. The van der Waals surface area contributed by atoms with Crippen molar-refractivity contribution < 1.29 is 14.6 Å². The minimum absolute atomic E-state index is 0.165. The smallest absolute Gasteiger partial charge is 0.279 e. The van der Waals surface area contributed by atoms with E-state index >= 15 is 0 Å². The van der Waals surface area contributed by atoms with Gasteiger partial charge in [-0.25, -0.2) is 0 Å². The fourth-order valence-electron chi connectivity index (χ4n) is 3.15. The van der Waals surface area contributed by atoms with E-state index in [2.05, 4.69) is 4.90 Å². The van der Waals surface area contributed by atoms with Gasteiger partial charge in [-0.3, -0.25) is 25.0 Å². The van der Waals surface area contributed by atoms with Crippen molar-refractivity contribution >= 4 is 34.6 Å². The first-order chi connectivity index (χ1) is 13.3. The van der Waals surface area contributed by atoms with E-state index in [-0.39, 0.29) is 23.6 Å². The molecule has 0 bridgehead atoms. The van der Waals surface area contributed by atoms with Gasteiger partial charge >= 0.3 is 0 Å². The van der Waals surface area contributed by atoms with Crippen LogP contribution in [-0.4, -0.2) is 46.8 Å². The second-order valence-electron chi connectivity index (χ2n) is 6.35. The predicted molar refractivity (Wildman–Crippen MR) is 104 cm³/mol. The van der Waals surface area contributed by atoms with E-state index in [1.807, 2.05) is 18.2 Å². The Bertz CT molecular complexity index is 928. The van der Waals surface area contributed by atoms with Crippen molar-refractivity contribution in [3.05, 3.63) is 73.3 Å². The molecule has 1 aliphatic heterocycles. The Morgan fingerprint density at radius 3 is 2.32 bits per heavy atom. The van der Waals surface area contributed by atoms with Crippen LogP contribution in [0.4, 0.5) is 17.1 Å². The molecule has 3 rings (SSSR count). The number of carbonyl (C=O) groups is 1. The number of amides is 1. The van der Waals surface area contributed by atoms with Crippen LogP contribution in [0.15, 0.2) is 42.5 Å². The van der Waals surface area contributed by atoms with Crippen LogP contribution in [0.25, 0.3) is 0 Å². The molecule has 0 radical (unpaired) electrons. The van der Waals surface area contributed by atoms with Crippen LogP contribution in [0.1, 0.15) is 5.56 Å². The fourth-order valence-corrected chi connectivity index (χ4v) is 3.33. The Morgan fingerprint density at radius 2 is 1.71 bits per heavy atom. The maximum atomic E-state index is 12.6. The van der Waals surface area contributed by atoms with Gasteiger partial charge in [0.1, 0.15) is 0 Å². The van der Waals surface area contributed by atoms with Crippen molar-refractivity contribution in [1.82, 2.24) is 4.90 Å². The van der Waals surface area contributed by atoms with E-state index in [1.54, 1.807) is 11.0 Å². The normalized spacial score (nSPS) is 14.0. The topological polar surface area (TPSA) is 110 Å². The molecule has 10 heteroatoms. The van der Waals surface area contributed by atoms with Gasteiger partial charge in [0.25, 0.3) is 11.4 Å². The molecule has 0 unspecified atom stereocenters. The van der Waals surface area contributed by atoms with Gasteiger partial charge in [0.2, 0.25) is 5.91 Å². The molecule has 0 spiro atoms. The lowest BCUT2D eigenvalue weighted by Crippen LogP contribution is -2.49. The highest BCUT2D eigenvalue weighted by Crippen LogP contribution is 2.26. The van der Waals surface area contributed by atoms with Gasteiger partial charge in [-0.2, -0.15) is 0 Å². The molecule has 1 saturated heterocycles. The van der Waals surface area contributed by atoms with Gasteiger partial charge in [0.15, 0.2) is 0 Å². The average Bonchev–Trinajstić information content (AvgIpc) is 2.68. The van der Waals surface area contributed by atoms with E-state index in [0.717, 1.165) is 11.8 Å². The van der Waals surface area contributed by atoms with Crippen LogP contribution in [-0.2, 0) is 11.2 Å². The summed E-state index contributed by atoms with van der Waals surface area (Å²) in [5.74, 6) is -0.248. The summed E-state index contributed by atoms with van der Waals surface area (Å²) in [4.78, 5) is 37.0. The number of non-ortho nitro benzene ring substituents is 1. The van der Waals surface area contributed by atoms with E-state index < -0.39 is 15.5 Å². The molecule has 0 aliphatic carbocycles. The summed E-state index contributed by atoms with van der Waals surface area (Å²) in [5, 5.41) is 22.7. The molecule has 1 amide bonds. The van der Waals surface area contributed by atoms with Crippen molar-refractivity contribution in [2.75, 3.05) is 31.1 Å². The molecule has 1 fully saturated rings. The highest BCUT2D eigenvalue weighted by Gasteiger charge is 2.25. The second kappa shape index (κ2) is 8.22. The zero-order valence-electron chi connectivity index (χ0n) is 14.8. The van der Waals surface area contributed by atoms with Crippen LogP contribution in [0, 0.1) is 20.2 Å². The molecule has 1 heterocycles. The van der Waals surface area contributed by atoms with Gasteiger partial charge in [-0.1, -0.05) is 17.7 Å². The highest BCUT2D eigenvalue weighted by molar-refractivity contribution is 6.30. The Balaban J connectivity index is 1.66. The van der Waals surface area contributed by atoms with Crippen LogP contribution in [0.5, 0.6) is 0 Å². The molecule has 0 aromatic heterocycles. The van der Waals surface area contributed by atoms with Gasteiger partial charge in [0, 0.05) is 48.5 Å². The number of carbonyl (C=O) groups excluding carboxylic acids is 1. The number of hydrogen-bond acceptors (Lipinski definition) is 6. The van der Waals surface area contributed by atoms with E-state index in [1.165, 1.54) is 12.1 Å². The zero-order valence-corrected chi connectivity index (χ0v) is 15.5. The fraction of sp³-hybridized carbons (Fsp3) is 0.278. The van der Waals surface area contributed by atoms with Crippen molar-refractivity contribution in [1.29, 1.82) is 0 Å². The first-order valence-corrected chi connectivity index (χ1v) is 8.93. The maximum Gasteiger partial charge on any atom is 0.279 e. The lowest BCUT2D eigenvalue weighted by molar-refractivity contribution is -0.394. The van der Waals surface area contributed by atoms with E-state index in [4.69, 9.17) is 11.6 Å². The van der Waals surface area contributed by atoms with Crippen molar-refractivity contribution in [2.24, 2.45) is 0 Å². The number of piperazine rings is 1. The summed E-state index contributed by atoms with van der Waals surface area (Å²) in [7, 11) is 0. The lowest BCUT2D eigenvalue weighted by Gasteiger charge is -2.36. The van der Waals surface area contributed by atoms with Crippen molar-refractivity contribution in [3.8, 4) is 0 Å². The van der Waals surface area contributed by atoms with Gasteiger partial charge in [-0.15, -0.1) is 0 Å². The van der Waals surface area contributed by atoms with Crippen LogP contribution >= 0.6 is 11.6 Å². The molecule has 0 saturated carbocycles. The first kappa shape index (κ1) is 19.6. The summed E-state index contributed by atoms with van der Waals surface area (Å²) in [6, 6.07) is 10.8. The summed E-state index contributed by atoms with van der Waals surface area (Å²) in [5.41, 5.74) is 0.349. The number of anilines is 1. The van der Waals surface area contributed by atoms with Gasteiger partial charge < -0.3 is 9.80 Å². The van der Waals surface area contributed by atoms with Gasteiger partial charge in [0.05, 0.1) is 22.3 Å². The number of halogens is 1. The molecule has 2 aromatic carbocycles. The molecule has 2 aromatic rings. The lowest BCUT2D eigenvalue weighted by atomic mass is 10.1. The third-order valence-corrected chi connectivity index (χ3v) is 4.86. The van der Waals surface area contributed by atoms with E-state index in [9.17, 15) is 25.0 Å². The largest absolute Gasteiger partial charge is 0.368 e. The first-order valence-electron chi connectivity index (χ1n) is 8.55. The number of hydrogen-bond donors (Lipinski definition) is 0. The van der Waals surface area contributed by atoms with Crippen LogP contribution < -0.4 is 4.90 Å². The Hall–Kier alpha value is -3.20. The monoisotopic (exact) mass is 404 g/mol. The van der Waals surface area contributed by atoms with Gasteiger partial charge in [-0.05, 0) is 24.3 Å². The minimum Gasteiger partial charge on any atom is -0.368 e. The number of benzene rings is 2. The highest BCUT2D eigenvalue weighted by atomic mass is 35.5. The zero-order chi connectivity index (χ0) is 20.3. The SMILES string of the molecule is O=C(Cc1ccc([N+](=O)[O-])cc1[N+](=O)[O-])N1CCN(c2cccc(Cl)c2)CC1. The predicted octanol–water partition coefficient (Wildman–Crippen LogP) is 3.05. The standard InChI is InChI=1S/C18H17ClN4O5/c19-14-2-1-3-15(11-14)20-6-8-21(9-7-20)18(24)10-13-4-5-16(22(25)26)12-17(13)23(27)28/h1-5,11-12H,6-10H2. The Kier molecular flexibility index (Phi) is 5.74. The minimum atomic E-state index is -0.702. The second-order valence-corrected chi connectivity index (χ2v) is 6.79. The number of nitro groups is 2. The molecule has 28 heavy (non-hydrogen) atoms. The Morgan fingerprint density at radius 1 is 1.00 bits per heavy atom. The molecule has 9 nitrogen and oxygen atoms in total. The molecular weight excluding hydrogens is 388 g/mol. The quantitative estimate of drug-likeness (QED) is 0.559. The number of rotatable bonds is 5. The summed E-state index contributed by atoms with van der Waals surface area (Å²) >= 11 is 6.02. The van der Waals surface area contributed by atoms with Crippen molar-refractivity contribution in [3.63, 3.8) is 0 Å². The third-order valence-electron chi connectivity index (χ3n) is 4.62. The summed E-state index contributed by atoms with van der Waals surface area (Å²) in [6.07, 6.45) is -0.175. The molecule has 146 valence electrons. The molecule has 0 N–H and O–H groups in total. The van der Waals surface area contributed by atoms with Crippen LogP contribution in [0.3, 0.4) is 0 Å². The third kappa shape index (κ3) is 4.37. The molecular formula is C18H17ClN4O5.